The van der Waals surface area contributed by atoms with Crippen molar-refractivity contribution in [1.82, 2.24) is 14.3 Å². The number of nitrogens with one attached hydrogen (secondary N) is 1. The SMILES string of the molecule is CCCn1cc(S(=O)(=O)NC(CBr)C(C)C)nc1C. The fraction of sp³-hybridized carbons (Fsp3) is 0.750. The number of aryl methyl sites for hydroxylation is 2. The third-order valence-corrected chi connectivity index (χ3v) is 5.03. The van der Waals surface area contributed by atoms with Crippen LogP contribution in [0.4, 0.5) is 0 Å². The van der Waals surface area contributed by atoms with Crippen LogP contribution in [0.2, 0.25) is 0 Å². The lowest BCUT2D eigenvalue weighted by Gasteiger charge is -2.18. The molecule has 1 rings (SSSR count). The van der Waals surface area contributed by atoms with Crippen LogP contribution in [0.3, 0.4) is 0 Å². The second-order valence-corrected chi connectivity index (χ2v) is 7.25. The standard InChI is InChI=1S/C12H22BrN3O2S/c1-5-6-16-8-12(14-10(16)4)19(17,18)15-11(7-13)9(2)3/h8-9,11,15H,5-7H2,1-4H3. The summed E-state index contributed by atoms with van der Waals surface area (Å²) < 4.78 is 29.1. The lowest BCUT2D eigenvalue weighted by molar-refractivity contribution is 0.482. The fourth-order valence-corrected chi connectivity index (χ4v) is 4.20. The molecule has 0 aliphatic carbocycles. The van der Waals surface area contributed by atoms with Crippen molar-refractivity contribution in [2.24, 2.45) is 5.92 Å². The van der Waals surface area contributed by atoms with Crippen LogP contribution in [0, 0.1) is 12.8 Å². The molecule has 1 aromatic rings. The Labute approximate surface area is 124 Å². The summed E-state index contributed by atoms with van der Waals surface area (Å²) in [5, 5.41) is 0.684. The van der Waals surface area contributed by atoms with E-state index in [1.807, 2.05) is 32.3 Å². The summed E-state index contributed by atoms with van der Waals surface area (Å²) in [6.07, 6.45) is 2.55. The van der Waals surface area contributed by atoms with Crippen molar-refractivity contribution in [2.45, 2.75) is 51.7 Å². The molecule has 19 heavy (non-hydrogen) atoms. The van der Waals surface area contributed by atoms with Crippen molar-refractivity contribution in [3.8, 4) is 0 Å². The van der Waals surface area contributed by atoms with Gasteiger partial charge in [-0.25, -0.2) is 18.1 Å². The second kappa shape index (κ2) is 6.85. The molecule has 0 aromatic carbocycles. The van der Waals surface area contributed by atoms with E-state index in [-0.39, 0.29) is 17.0 Å². The largest absolute Gasteiger partial charge is 0.334 e. The van der Waals surface area contributed by atoms with Crippen LogP contribution in [0.5, 0.6) is 0 Å². The summed E-state index contributed by atoms with van der Waals surface area (Å²) in [6.45, 7) is 8.61. The van der Waals surface area contributed by atoms with Crippen molar-refractivity contribution in [2.75, 3.05) is 5.33 Å². The molecule has 0 saturated carbocycles. The number of halogens is 1. The summed E-state index contributed by atoms with van der Waals surface area (Å²) in [7, 11) is -3.55. The molecule has 1 unspecified atom stereocenters. The summed E-state index contributed by atoms with van der Waals surface area (Å²) in [5.74, 6) is 0.940. The van der Waals surface area contributed by atoms with Gasteiger partial charge in [-0.2, -0.15) is 0 Å². The third kappa shape index (κ3) is 4.29. The predicted octanol–water partition coefficient (Wildman–Crippen LogP) is 2.30. The van der Waals surface area contributed by atoms with E-state index in [2.05, 4.69) is 25.6 Å². The lowest BCUT2D eigenvalue weighted by Crippen LogP contribution is -2.39. The molecule has 1 aromatic heterocycles. The molecule has 1 atom stereocenters. The van der Waals surface area contributed by atoms with Crippen LogP contribution in [-0.4, -0.2) is 29.3 Å². The number of hydrogen-bond donors (Lipinski definition) is 1. The summed E-state index contributed by atoms with van der Waals surface area (Å²) >= 11 is 3.33. The zero-order valence-electron chi connectivity index (χ0n) is 11.9. The minimum absolute atomic E-state index is 0.102. The maximum Gasteiger partial charge on any atom is 0.259 e. The molecule has 0 amide bonds. The third-order valence-electron chi connectivity index (χ3n) is 2.97. The van der Waals surface area contributed by atoms with Crippen LogP contribution in [0.1, 0.15) is 33.0 Å². The molecule has 0 saturated heterocycles. The van der Waals surface area contributed by atoms with E-state index in [0.29, 0.717) is 5.33 Å². The molecule has 0 bridgehead atoms. The van der Waals surface area contributed by atoms with E-state index < -0.39 is 10.0 Å². The molecule has 0 fully saturated rings. The number of nitrogens with zero attached hydrogens (tertiary/aromatic N) is 2. The Kier molecular flexibility index (Phi) is 6.01. The van der Waals surface area contributed by atoms with Gasteiger partial charge in [0.25, 0.3) is 10.0 Å². The number of imidazole rings is 1. The Hall–Kier alpha value is -0.400. The van der Waals surface area contributed by atoms with Crippen molar-refractivity contribution >= 4 is 26.0 Å². The summed E-state index contributed by atoms with van der Waals surface area (Å²) in [5.41, 5.74) is 0. The highest BCUT2D eigenvalue weighted by molar-refractivity contribution is 9.09. The maximum atomic E-state index is 12.3. The van der Waals surface area contributed by atoms with Gasteiger partial charge in [0.1, 0.15) is 5.82 Å². The summed E-state index contributed by atoms with van der Waals surface area (Å²) in [6, 6.07) is -0.137. The molecule has 5 nitrogen and oxygen atoms in total. The molecular weight excluding hydrogens is 330 g/mol. The Morgan fingerprint density at radius 2 is 2.11 bits per heavy atom. The maximum absolute atomic E-state index is 12.3. The smallest absolute Gasteiger partial charge is 0.259 e. The minimum atomic E-state index is -3.55. The highest BCUT2D eigenvalue weighted by Crippen LogP contribution is 2.13. The number of aromatic nitrogens is 2. The molecule has 7 heteroatoms. The Bertz CT molecular complexity index is 511. The number of rotatable bonds is 7. The van der Waals surface area contributed by atoms with E-state index in [4.69, 9.17) is 0 Å². The van der Waals surface area contributed by atoms with Crippen LogP contribution >= 0.6 is 15.9 Å². The molecule has 0 radical (unpaired) electrons. The number of sulfonamides is 1. The first-order valence-corrected chi connectivity index (χ1v) is 9.04. The Balaban J connectivity index is 2.97. The van der Waals surface area contributed by atoms with E-state index in [1.54, 1.807) is 6.20 Å². The molecule has 1 N–H and O–H groups in total. The van der Waals surface area contributed by atoms with Crippen LogP contribution in [0.25, 0.3) is 0 Å². The van der Waals surface area contributed by atoms with Gasteiger partial charge < -0.3 is 4.57 Å². The monoisotopic (exact) mass is 351 g/mol. The zero-order chi connectivity index (χ0) is 14.6. The molecule has 0 spiro atoms. The van der Waals surface area contributed by atoms with Crippen molar-refractivity contribution in [1.29, 1.82) is 0 Å². The van der Waals surface area contributed by atoms with Gasteiger partial charge in [-0.15, -0.1) is 0 Å². The van der Waals surface area contributed by atoms with E-state index >= 15 is 0 Å². The van der Waals surface area contributed by atoms with Crippen LogP contribution in [0.15, 0.2) is 11.2 Å². The van der Waals surface area contributed by atoms with Crippen molar-refractivity contribution in [3.63, 3.8) is 0 Å². The van der Waals surface area contributed by atoms with Crippen molar-refractivity contribution in [3.05, 3.63) is 12.0 Å². The Morgan fingerprint density at radius 1 is 1.47 bits per heavy atom. The lowest BCUT2D eigenvalue weighted by atomic mass is 10.1. The van der Waals surface area contributed by atoms with E-state index in [1.165, 1.54) is 0 Å². The summed E-state index contributed by atoms with van der Waals surface area (Å²) in [4.78, 5) is 4.14. The second-order valence-electron chi connectivity index (χ2n) is 4.95. The highest BCUT2D eigenvalue weighted by Gasteiger charge is 2.24. The first-order chi connectivity index (χ1) is 8.81. The van der Waals surface area contributed by atoms with Gasteiger partial charge >= 0.3 is 0 Å². The van der Waals surface area contributed by atoms with Crippen LogP contribution < -0.4 is 4.72 Å². The van der Waals surface area contributed by atoms with Gasteiger partial charge in [0.2, 0.25) is 0 Å². The molecule has 0 aliphatic rings. The van der Waals surface area contributed by atoms with Gasteiger partial charge in [-0.05, 0) is 19.3 Å². The molecule has 0 aliphatic heterocycles. The van der Waals surface area contributed by atoms with E-state index in [9.17, 15) is 8.42 Å². The molecular formula is C12H22BrN3O2S. The first kappa shape index (κ1) is 16.7. The van der Waals surface area contributed by atoms with Gasteiger partial charge in [0.15, 0.2) is 5.03 Å². The topological polar surface area (TPSA) is 64.0 Å². The average Bonchev–Trinajstić information content (AvgIpc) is 2.69. The van der Waals surface area contributed by atoms with Gasteiger partial charge in [0.05, 0.1) is 0 Å². The van der Waals surface area contributed by atoms with Gasteiger partial charge in [-0.1, -0.05) is 36.7 Å². The number of hydrogen-bond acceptors (Lipinski definition) is 3. The minimum Gasteiger partial charge on any atom is -0.334 e. The number of alkyl halides is 1. The average molecular weight is 352 g/mol. The molecule has 110 valence electrons. The highest BCUT2D eigenvalue weighted by atomic mass is 79.9. The van der Waals surface area contributed by atoms with Crippen LogP contribution in [-0.2, 0) is 16.6 Å². The van der Waals surface area contributed by atoms with E-state index in [0.717, 1.165) is 18.8 Å². The quantitative estimate of drug-likeness (QED) is 0.766. The zero-order valence-corrected chi connectivity index (χ0v) is 14.3. The normalized spacial score (nSPS) is 14.0. The first-order valence-electron chi connectivity index (χ1n) is 6.43. The predicted molar refractivity (Wildman–Crippen MR) is 80.0 cm³/mol. The Morgan fingerprint density at radius 3 is 2.58 bits per heavy atom. The van der Waals surface area contributed by atoms with Gasteiger partial charge in [0, 0.05) is 24.1 Å². The van der Waals surface area contributed by atoms with Crippen molar-refractivity contribution < 1.29 is 8.42 Å². The fourth-order valence-electron chi connectivity index (χ4n) is 1.68. The molecule has 1 heterocycles. The van der Waals surface area contributed by atoms with Gasteiger partial charge in [-0.3, -0.25) is 0 Å².